The molecule has 0 aliphatic carbocycles. The lowest BCUT2D eigenvalue weighted by molar-refractivity contribution is 0.677. The molecule has 2 N–H and O–H groups in total. The van der Waals surface area contributed by atoms with Crippen LogP contribution >= 0.6 is 23.1 Å². The van der Waals surface area contributed by atoms with Gasteiger partial charge in [0.25, 0.3) is 0 Å². The maximum absolute atomic E-state index is 6.08. The van der Waals surface area contributed by atoms with E-state index < -0.39 is 0 Å². The molecule has 0 aliphatic rings. The Bertz CT molecular complexity index is 246. The molecule has 15 heavy (non-hydrogen) atoms. The zero-order valence-electron chi connectivity index (χ0n) is 9.61. The Labute approximate surface area is 101 Å². The quantitative estimate of drug-likeness (QED) is 0.792. The third-order valence-electron chi connectivity index (χ3n) is 2.51. The molecule has 0 bridgehead atoms. The van der Waals surface area contributed by atoms with Crippen LogP contribution in [0, 0.1) is 0 Å². The number of aryl methyl sites for hydroxylation is 1. The van der Waals surface area contributed by atoms with E-state index in [0.717, 1.165) is 23.8 Å². The van der Waals surface area contributed by atoms with Gasteiger partial charge < -0.3 is 5.73 Å². The molecule has 1 nitrogen and oxygen atoms in total. The molecule has 0 aliphatic heterocycles. The number of rotatable bonds is 7. The van der Waals surface area contributed by atoms with Gasteiger partial charge in [0, 0.05) is 21.9 Å². The van der Waals surface area contributed by atoms with Crippen molar-refractivity contribution in [3.63, 3.8) is 0 Å². The minimum Gasteiger partial charge on any atom is -0.327 e. The third-order valence-corrected chi connectivity index (χ3v) is 4.97. The first-order chi connectivity index (χ1) is 7.22. The summed E-state index contributed by atoms with van der Waals surface area (Å²) < 4.78 is 0. The van der Waals surface area contributed by atoms with Crippen LogP contribution in [0.5, 0.6) is 0 Å². The van der Waals surface area contributed by atoms with E-state index in [1.807, 2.05) is 23.1 Å². The van der Waals surface area contributed by atoms with Crippen LogP contribution in [0.2, 0.25) is 0 Å². The Hall–Kier alpha value is 0.01000. The fraction of sp³-hybridized carbons (Fsp3) is 0.667. The van der Waals surface area contributed by atoms with E-state index in [2.05, 4.69) is 31.4 Å². The molecule has 86 valence electrons. The molecule has 1 heterocycles. The Kier molecular flexibility index (Phi) is 6.37. The third kappa shape index (κ3) is 5.59. The second kappa shape index (κ2) is 7.31. The summed E-state index contributed by atoms with van der Waals surface area (Å²) in [4.78, 5) is 1.46. The van der Waals surface area contributed by atoms with Crippen molar-refractivity contribution in [1.82, 2.24) is 0 Å². The normalized spacial score (nSPS) is 15.1. The molecule has 0 saturated heterocycles. The van der Waals surface area contributed by atoms with Crippen LogP contribution in [0.3, 0.4) is 0 Å². The SMILES string of the molecule is CCC(C)SCC(N)CCc1cccs1. The van der Waals surface area contributed by atoms with Gasteiger partial charge in [-0.1, -0.05) is 19.9 Å². The van der Waals surface area contributed by atoms with Crippen molar-refractivity contribution < 1.29 is 0 Å². The van der Waals surface area contributed by atoms with Gasteiger partial charge in [0.15, 0.2) is 0 Å². The van der Waals surface area contributed by atoms with Gasteiger partial charge >= 0.3 is 0 Å². The van der Waals surface area contributed by atoms with Crippen LogP contribution in [-0.4, -0.2) is 17.0 Å². The fourth-order valence-electron chi connectivity index (χ4n) is 1.27. The molecular weight excluding hydrogens is 222 g/mol. The summed E-state index contributed by atoms with van der Waals surface area (Å²) >= 11 is 3.83. The highest BCUT2D eigenvalue weighted by Gasteiger charge is 2.06. The lowest BCUT2D eigenvalue weighted by Gasteiger charge is -2.13. The standard InChI is InChI=1S/C12H21NS2/c1-3-10(2)15-9-11(13)6-7-12-5-4-8-14-12/h4-5,8,10-11H,3,6-7,9,13H2,1-2H3. The lowest BCUT2D eigenvalue weighted by atomic mass is 10.2. The number of nitrogens with two attached hydrogens (primary N) is 1. The maximum Gasteiger partial charge on any atom is 0.0134 e. The van der Waals surface area contributed by atoms with Crippen LogP contribution in [0.25, 0.3) is 0 Å². The Morgan fingerprint density at radius 2 is 2.33 bits per heavy atom. The second-order valence-corrected chi connectivity index (χ2v) is 6.43. The molecule has 1 rings (SSSR count). The number of thiophene rings is 1. The monoisotopic (exact) mass is 243 g/mol. The van der Waals surface area contributed by atoms with Gasteiger partial charge in [0.1, 0.15) is 0 Å². The Morgan fingerprint density at radius 3 is 2.93 bits per heavy atom. The van der Waals surface area contributed by atoms with Crippen LogP contribution in [-0.2, 0) is 6.42 Å². The van der Waals surface area contributed by atoms with E-state index in [-0.39, 0.29) is 0 Å². The van der Waals surface area contributed by atoms with Crippen LogP contribution < -0.4 is 5.73 Å². The van der Waals surface area contributed by atoms with E-state index in [4.69, 9.17) is 5.73 Å². The van der Waals surface area contributed by atoms with E-state index in [9.17, 15) is 0 Å². The van der Waals surface area contributed by atoms with Gasteiger partial charge in [0.2, 0.25) is 0 Å². The first kappa shape index (κ1) is 13.1. The van der Waals surface area contributed by atoms with E-state index in [1.54, 1.807) is 0 Å². The summed E-state index contributed by atoms with van der Waals surface area (Å²) in [5.41, 5.74) is 6.08. The Balaban J connectivity index is 2.11. The molecule has 0 radical (unpaired) electrons. The van der Waals surface area contributed by atoms with Gasteiger partial charge in [-0.15, -0.1) is 11.3 Å². The number of hydrogen-bond acceptors (Lipinski definition) is 3. The summed E-state index contributed by atoms with van der Waals surface area (Å²) in [6.45, 7) is 4.51. The van der Waals surface area contributed by atoms with Crippen LogP contribution in [0.4, 0.5) is 0 Å². The second-order valence-electron chi connectivity index (χ2n) is 3.93. The Morgan fingerprint density at radius 1 is 1.53 bits per heavy atom. The van der Waals surface area contributed by atoms with E-state index in [1.165, 1.54) is 11.3 Å². The van der Waals surface area contributed by atoms with Crippen molar-refractivity contribution in [2.75, 3.05) is 5.75 Å². The maximum atomic E-state index is 6.08. The van der Waals surface area contributed by atoms with Crippen molar-refractivity contribution in [1.29, 1.82) is 0 Å². The zero-order chi connectivity index (χ0) is 11.1. The zero-order valence-corrected chi connectivity index (χ0v) is 11.2. The summed E-state index contributed by atoms with van der Waals surface area (Å²) in [7, 11) is 0. The van der Waals surface area contributed by atoms with Crippen molar-refractivity contribution in [2.24, 2.45) is 5.73 Å². The van der Waals surface area contributed by atoms with Crippen molar-refractivity contribution in [3.8, 4) is 0 Å². The minimum atomic E-state index is 0.353. The van der Waals surface area contributed by atoms with E-state index in [0.29, 0.717) is 6.04 Å². The highest BCUT2D eigenvalue weighted by atomic mass is 32.2. The summed E-state index contributed by atoms with van der Waals surface area (Å²) in [5.74, 6) is 1.10. The van der Waals surface area contributed by atoms with Crippen molar-refractivity contribution in [3.05, 3.63) is 22.4 Å². The number of thioether (sulfide) groups is 1. The first-order valence-corrected chi connectivity index (χ1v) is 7.54. The molecule has 0 spiro atoms. The predicted molar refractivity (Wildman–Crippen MR) is 72.8 cm³/mol. The molecule has 0 amide bonds. The van der Waals surface area contributed by atoms with Crippen LogP contribution in [0.15, 0.2) is 17.5 Å². The van der Waals surface area contributed by atoms with Gasteiger partial charge in [-0.2, -0.15) is 11.8 Å². The summed E-state index contributed by atoms with van der Waals surface area (Å²) in [5, 5.41) is 2.88. The van der Waals surface area contributed by atoms with Gasteiger partial charge in [-0.3, -0.25) is 0 Å². The molecule has 1 aromatic heterocycles. The smallest absolute Gasteiger partial charge is 0.0134 e. The summed E-state index contributed by atoms with van der Waals surface area (Å²) in [6.07, 6.45) is 3.49. The molecule has 1 aromatic rings. The first-order valence-electron chi connectivity index (χ1n) is 5.62. The average Bonchev–Trinajstić information content (AvgIpc) is 2.75. The van der Waals surface area contributed by atoms with Crippen molar-refractivity contribution in [2.45, 2.75) is 44.4 Å². The molecular formula is C12H21NS2. The molecule has 0 fully saturated rings. The average molecular weight is 243 g/mol. The highest BCUT2D eigenvalue weighted by Crippen LogP contribution is 2.17. The topological polar surface area (TPSA) is 26.0 Å². The van der Waals surface area contributed by atoms with E-state index >= 15 is 0 Å². The summed E-state index contributed by atoms with van der Waals surface area (Å²) in [6, 6.07) is 4.66. The van der Waals surface area contributed by atoms with Gasteiger partial charge in [-0.05, 0) is 30.7 Å². The molecule has 3 heteroatoms. The van der Waals surface area contributed by atoms with Crippen molar-refractivity contribution >= 4 is 23.1 Å². The minimum absolute atomic E-state index is 0.353. The van der Waals surface area contributed by atoms with Gasteiger partial charge in [-0.25, -0.2) is 0 Å². The molecule has 0 saturated carbocycles. The molecule has 2 atom stereocenters. The largest absolute Gasteiger partial charge is 0.327 e. The molecule has 2 unspecified atom stereocenters. The fourth-order valence-corrected chi connectivity index (χ4v) is 2.97. The van der Waals surface area contributed by atoms with Gasteiger partial charge in [0.05, 0.1) is 0 Å². The van der Waals surface area contributed by atoms with Crippen LogP contribution in [0.1, 0.15) is 31.6 Å². The highest BCUT2D eigenvalue weighted by molar-refractivity contribution is 7.99. The predicted octanol–water partition coefficient (Wildman–Crippen LogP) is 3.54. The lowest BCUT2D eigenvalue weighted by Crippen LogP contribution is -2.24. The number of hydrogen-bond donors (Lipinski definition) is 1. The molecule has 0 aromatic carbocycles.